The number of nitro benzene ring substituents is 1. The Hall–Kier alpha value is -4.70. The lowest BCUT2D eigenvalue weighted by Gasteiger charge is -2.32. The molecule has 1 saturated heterocycles. The number of aryl methyl sites for hydroxylation is 3. The molecule has 9 heteroatoms. The minimum absolute atomic E-state index is 0.0503. The van der Waals surface area contributed by atoms with E-state index in [9.17, 15) is 15.4 Å². The van der Waals surface area contributed by atoms with Gasteiger partial charge in [0, 0.05) is 62.2 Å². The van der Waals surface area contributed by atoms with Crippen LogP contribution in [-0.2, 0) is 6.54 Å². The highest BCUT2D eigenvalue weighted by atomic mass is 16.6. The van der Waals surface area contributed by atoms with Crippen LogP contribution in [0.25, 0.3) is 6.08 Å². The molecule has 0 bridgehead atoms. The highest BCUT2D eigenvalue weighted by molar-refractivity contribution is 5.74. The zero-order valence-electron chi connectivity index (χ0n) is 23.2. The van der Waals surface area contributed by atoms with Gasteiger partial charge in [-0.25, -0.2) is 0 Å². The maximum Gasteiger partial charge on any atom is 0.293 e. The number of nitrogens with zero attached hydrogens (tertiary/aromatic N) is 5. The van der Waals surface area contributed by atoms with E-state index in [0.717, 1.165) is 54.0 Å². The van der Waals surface area contributed by atoms with Gasteiger partial charge in [0.2, 0.25) is 0 Å². The second kappa shape index (κ2) is 12.4. The Bertz CT molecular complexity index is 1520. The molecule has 0 atom stereocenters. The highest BCUT2D eigenvalue weighted by Crippen LogP contribution is 2.40. The first-order valence-corrected chi connectivity index (χ1v) is 13.0. The van der Waals surface area contributed by atoms with E-state index < -0.39 is 0 Å². The first-order chi connectivity index (χ1) is 19.2. The Morgan fingerprint density at radius 1 is 1.00 bits per heavy atom. The second-order valence-corrected chi connectivity index (χ2v) is 10.1. The number of likely N-dealkylation sites (N-methyl/N-ethyl adjacent to an activating group) is 1. The van der Waals surface area contributed by atoms with Crippen molar-refractivity contribution in [3.63, 3.8) is 0 Å². The van der Waals surface area contributed by atoms with Crippen LogP contribution in [-0.4, -0.2) is 47.9 Å². The van der Waals surface area contributed by atoms with E-state index in [2.05, 4.69) is 28.2 Å². The lowest BCUT2D eigenvalue weighted by atomic mass is 10.0. The van der Waals surface area contributed by atoms with E-state index >= 15 is 0 Å². The van der Waals surface area contributed by atoms with Crippen molar-refractivity contribution in [3.8, 4) is 23.6 Å². The maximum absolute atomic E-state index is 12.2. The van der Waals surface area contributed by atoms with Crippen LogP contribution < -0.4 is 10.1 Å². The Kier molecular flexibility index (Phi) is 8.80. The third-order valence-electron chi connectivity index (χ3n) is 7.04. The molecule has 1 aliphatic heterocycles. The minimum Gasteiger partial charge on any atom is -0.456 e. The molecule has 1 aliphatic rings. The fraction of sp³-hybridized carbons (Fsp3) is 0.290. The van der Waals surface area contributed by atoms with Gasteiger partial charge in [-0.15, -0.1) is 0 Å². The predicted molar refractivity (Wildman–Crippen MR) is 156 cm³/mol. The van der Waals surface area contributed by atoms with E-state index in [1.807, 2.05) is 39.0 Å². The Morgan fingerprint density at radius 2 is 1.70 bits per heavy atom. The summed E-state index contributed by atoms with van der Waals surface area (Å²) in [5.74, 6) is 1.20. The van der Waals surface area contributed by atoms with Crippen LogP contribution in [0.1, 0.15) is 33.4 Å². The molecule has 40 heavy (non-hydrogen) atoms. The lowest BCUT2D eigenvalue weighted by Crippen LogP contribution is -2.43. The van der Waals surface area contributed by atoms with Crippen LogP contribution >= 0.6 is 0 Å². The monoisotopic (exact) mass is 536 g/mol. The van der Waals surface area contributed by atoms with Crippen LogP contribution in [0.2, 0.25) is 0 Å². The van der Waals surface area contributed by atoms with Gasteiger partial charge in [0.1, 0.15) is 17.2 Å². The molecule has 0 radical (unpaired) electrons. The van der Waals surface area contributed by atoms with Crippen molar-refractivity contribution in [1.29, 1.82) is 10.5 Å². The van der Waals surface area contributed by atoms with Gasteiger partial charge in [0.25, 0.3) is 5.69 Å². The highest BCUT2D eigenvalue weighted by Gasteiger charge is 2.24. The minimum atomic E-state index is -0.384. The molecule has 3 aromatic carbocycles. The molecular weight excluding hydrogens is 504 g/mol. The number of rotatable bonds is 8. The lowest BCUT2D eigenvalue weighted by molar-refractivity contribution is -0.384. The molecule has 204 valence electrons. The van der Waals surface area contributed by atoms with Crippen molar-refractivity contribution in [2.75, 3.05) is 38.5 Å². The van der Waals surface area contributed by atoms with E-state index in [4.69, 9.17) is 10.00 Å². The molecule has 9 nitrogen and oxygen atoms in total. The van der Waals surface area contributed by atoms with Gasteiger partial charge >= 0.3 is 0 Å². The summed E-state index contributed by atoms with van der Waals surface area (Å²) in [7, 11) is 2.09. The molecule has 0 aliphatic carbocycles. The Morgan fingerprint density at radius 3 is 2.30 bits per heavy atom. The van der Waals surface area contributed by atoms with Crippen LogP contribution in [0.15, 0.2) is 48.5 Å². The van der Waals surface area contributed by atoms with Crippen molar-refractivity contribution >= 4 is 23.1 Å². The number of nitriles is 2. The zero-order chi connectivity index (χ0) is 28.8. The third kappa shape index (κ3) is 6.65. The average molecular weight is 537 g/mol. The molecule has 0 unspecified atom stereocenters. The van der Waals surface area contributed by atoms with E-state index in [1.54, 1.807) is 36.4 Å². The number of nitro groups is 1. The Balaban J connectivity index is 1.78. The van der Waals surface area contributed by atoms with E-state index in [0.29, 0.717) is 35.0 Å². The SMILES string of the molecule is Cc1cc(C#N)ccc1Nc1cc(Oc2c(C)cc(/C=C/C#N)cc2C)c(CN2CCN(C)CC2)cc1[N+](=O)[O-]. The van der Waals surface area contributed by atoms with E-state index in [1.165, 1.54) is 6.08 Å². The maximum atomic E-state index is 12.2. The van der Waals surface area contributed by atoms with Crippen molar-refractivity contribution in [2.45, 2.75) is 27.3 Å². The van der Waals surface area contributed by atoms with Gasteiger partial charge in [-0.05, 0) is 86.5 Å². The molecular formula is C31H32N6O3. The first-order valence-electron chi connectivity index (χ1n) is 13.0. The largest absolute Gasteiger partial charge is 0.456 e. The quantitative estimate of drug-likeness (QED) is 0.205. The van der Waals surface area contributed by atoms with E-state index in [-0.39, 0.29) is 10.6 Å². The smallest absolute Gasteiger partial charge is 0.293 e. The molecule has 1 heterocycles. The van der Waals surface area contributed by atoms with Gasteiger partial charge < -0.3 is 15.0 Å². The summed E-state index contributed by atoms with van der Waals surface area (Å²) in [6.45, 7) is 9.80. The van der Waals surface area contributed by atoms with Gasteiger partial charge in [-0.3, -0.25) is 15.0 Å². The van der Waals surface area contributed by atoms with Crippen LogP contribution in [0.4, 0.5) is 17.1 Å². The van der Waals surface area contributed by atoms with Gasteiger partial charge in [-0.2, -0.15) is 10.5 Å². The van der Waals surface area contributed by atoms with Crippen LogP contribution in [0, 0.1) is 53.5 Å². The van der Waals surface area contributed by atoms with Gasteiger partial charge in [-0.1, -0.05) is 0 Å². The fourth-order valence-electron chi connectivity index (χ4n) is 4.83. The number of allylic oxidation sites excluding steroid dienone is 1. The molecule has 0 amide bonds. The molecule has 0 aromatic heterocycles. The molecule has 4 rings (SSSR count). The standard InChI is InChI=1S/C31H32N6O3/c1-21-14-25(19-33)7-8-27(21)34-28-18-30(40-31-22(2)15-24(6-5-9-32)16-23(31)3)26(17-29(28)37(38)39)20-36-12-10-35(4)11-13-36/h5-8,14-18,34H,10-13,20H2,1-4H3/b6-5+. The normalized spacial score (nSPS) is 14.1. The molecule has 0 saturated carbocycles. The summed E-state index contributed by atoms with van der Waals surface area (Å²) in [6.07, 6.45) is 3.18. The summed E-state index contributed by atoms with van der Waals surface area (Å²) in [6, 6.07) is 16.5. The van der Waals surface area contributed by atoms with Crippen LogP contribution in [0.3, 0.4) is 0 Å². The van der Waals surface area contributed by atoms with Gasteiger partial charge in [0.05, 0.1) is 22.6 Å². The topological polar surface area (TPSA) is 118 Å². The summed E-state index contributed by atoms with van der Waals surface area (Å²) < 4.78 is 6.54. The second-order valence-electron chi connectivity index (χ2n) is 10.1. The number of anilines is 2. The molecule has 1 N–H and O–H groups in total. The summed E-state index contributed by atoms with van der Waals surface area (Å²) in [5.41, 5.74) is 5.63. The number of piperazine rings is 1. The number of nitrogens with one attached hydrogen (secondary N) is 1. The van der Waals surface area contributed by atoms with Gasteiger partial charge in [0.15, 0.2) is 0 Å². The van der Waals surface area contributed by atoms with Crippen molar-refractivity contribution in [3.05, 3.63) is 92.0 Å². The number of hydrogen-bond donors (Lipinski definition) is 1. The van der Waals surface area contributed by atoms with Crippen LogP contribution in [0.5, 0.6) is 11.5 Å². The average Bonchev–Trinajstić information content (AvgIpc) is 2.92. The number of benzene rings is 3. The van der Waals surface area contributed by atoms with Crippen molar-refractivity contribution in [2.24, 2.45) is 0 Å². The molecule has 3 aromatic rings. The Labute approximate surface area is 234 Å². The summed E-state index contributed by atoms with van der Waals surface area (Å²) in [5, 5.41) is 33.5. The summed E-state index contributed by atoms with van der Waals surface area (Å²) >= 11 is 0. The molecule has 1 fully saturated rings. The number of ether oxygens (including phenoxy) is 1. The van der Waals surface area contributed by atoms with Crippen molar-refractivity contribution < 1.29 is 9.66 Å². The number of hydrogen-bond acceptors (Lipinski definition) is 8. The van der Waals surface area contributed by atoms with Crippen molar-refractivity contribution in [1.82, 2.24) is 9.80 Å². The molecule has 0 spiro atoms. The first kappa shape index (κ1) is 28.3. The third-order valence-corrected chi connectivity index (χ3v) is 7.04. The zero-order valence-corrected chi connectivity index (χ0v) is 23.2. The summed E-state index contributed by atoms with van der Waals surface area (Å²) in [4.78, 5) is 16.4. The fourth-order valence-corrected chi connectivity index (χ4v) is 4.83. The predicted octanol–water partition coefficient (Wildman–Crippen LogP) is 6.21.